The van der Waals surface area contributed by atoms with Gasteiger partial charge < -0.3 is 25.8 Å². The number of aliphatic imine (C=N–C) groups is 1. The summed E-state index contributed by atoms with van der Waals surface area (Å²) in [6, 6.07) is 11.8. The fourth-order valence-corrected chi connectivity index (χ4v) is 4.48. The maximum atomic E-state index is 11.5. The van der Waals surface area contributed by atoms with Crippen molar-refractivity contribution in [3.63, 3.8) is 0 Å². The minimum absolute atomic E-state index is 0.0746. The predicted octanol–water partition coefficient (Wildman–Crippen LogP) is 3.73. The molecule has 1 aromatic carbocycles. The monoisotopic (exact) mass is 477 g/mol. The number of morpholine rings is 1. The van der Waals surface area contributed by atoms with Gasteiger partial charge in [-0.3, -0.25) is 9.79 Å². The summed E-state index contributed by atoms with van der Waals surface area (Å²) in [6.07, 6.45) is 8.07. The van der Waals surface area contributed by atoms with E-state index in [1.54, 1.807) is 12.3 Å². The van der Waals surface area contributed by atoms with Gasteiger partial charge in [0.25, 0.3) is 0 Å². The average Bonchev–Trinajstić information content (AvgIpc) is 2.88. The Morgan fingerprint density at radius 3 is 2.97 bits per heavy atom. The third kappa shape index (κ3) is 7.29. The molecule has 0 radical (unpaired) electrons. The predicted molar refractivity (Wildman–Crippen MR) is 139 cm³/mol. The Balaban J connectivity index is 1.34. The highest BCUT2D eigenvalue weighted by atomic mass is 16.5. The lowest BCUT2D eigenvalue weighted by Gasteiger charge is -2.29. The van der Waals surface area contributed by atoms with E-state index in [1.807, 2.05) is 24.3 Å². The summed E-state index contributed by atoms with van der Waals surface area (Å²) in [4.78, 5) is 23.0. The molecule has 1 aromatic heterocycles. The standard InChI is InChI=1S/C27H35N5O3/c28-22(6-2-7-23-10-9-20-5-3-12-30-27(20)31-23)11-13-29-25(19-26(33)34)21-4-1-8-24(18-21)32-14-16-35-17-15-32/h1,4,8-11,13,18,25H,2-3,5-7,12,14-17,19,28H2,(H,30,31)(H,33,34). The summed E-state index contributed by atoms with van der Waals surface area (Å²) >= 11 is 0. The van der Waals surface area contributed by atoms with Crippen LogP contribution in [0.3, 0.4) is 0 Å². The van der Waals surface area contributed by atoms with Gasteiger partial charge in [-0.05, 0) is 67.5 Å². The Morgan fingerprint density at radius 1 is 1.29 bits per heavy atom. The van der Waals surface area contributed by atoms with Gasteiger partial charge in [0.15, 0.2) is 0 Å². The fourth-order valence-electron chi connectivity index (χ4n) is 4.48. The zero-order valence-electron chi connectivity index (χ0n) is 20.2. The molecule has 4 rings (SSSR count). The van der Waals surface area contributed by atoms with Crippen molar-refractivity contribution in [2.45, 2.75) is 44.6 Å². The highest BCUT2D eigenvalue weighted by molar-refractivity contribution is 5.74. The number of nitrogens with zero attached hydrogens (tertiary/aromatic N) is 3. The molecule has 2 aromatic rings. The van der Waals surface area contributed by atoms with Gasteiger partial charge in [0.1, 0.15) is 5.82 Å². The Hall–Kier alpha value is -3.39. The zero-order valence-corrected chi connectivity index (χ0v) is 20.2. The van der Waals surface area contributed by atoms with E-state index >= 15 is 0 Å². The van der Waals surface area contributed by atoms with Crippen molar-refractivity contribution in [2.24, 2.45) is 10.7 Å². The van der Waals surface area contributed by atoms with Crippen LogP contribution in [-0.4, -0.2) is 55.1 Å². The highest BCUT2D eigenvalue weighted by Crippen LogP contribution is 2.26. The van der Waals surface area contributed by atoms with E-state index in [2.05, 4.69) is 27.3 Å². The van der Waals surface area contributed by atoms with Crippen LogP contribution in [0.5, 0.6) is 0 Å². The first-order valence-electron chi connectivity index (χ1n) is 12.4. The quantitative estimate of drug-likeness (QED) is 0.447. The number of carboxylic acid groups (broad SMARTS) is 1. The first-order valence-corrected chi connectivity index (χ1v) is 12.4. The van der Waals surface area contributed by atoms with Crippen LogP contribution >= 0.6 is 0 Å². The maximum Gasteiger partial charge on any atom is 0.305 e. The third-order valence-electron chi connectivity index (χ3n) is 6.40. The lowest BCUT2D eigenvalue weighted by Crippen LogP contribution is -2.36. The smallest absolute Gasteiger partial charge is 0.305 e. The summed E-state index contributed by atoms with van der Waals surface area (Å²) in [5, 5.41) is 12.8. The van der Waals surface area contributed by atoms with Crippen LogP contribution in [0, 0.1) is 0 Å². The minimum Gasteiger partial charge on any atom is -0.481 e. The molecule has 1 fully saturated rings. The van der Waals surface area contributed by atoms with Crippen LogP contribution in [0.15, 0.2) is 53.2 Å². The number of allylic oxidation sites excluding steroid dienone is 2. The summed E-state index contributed by atoms with van der Waals surface area (Å²) in [5.74, 6) is 0.138. The molecule has 2 aliphatic heterocycles. The number of fused-ring (bicyclic) bond motifs is 1. The molecule has 0 saturated carbocycles. The van der Waals surface area contributed by atoms with Crippen LogP contribution < -0.4 is 16.0 Å². The number of carbonyl (C=O) groups is 1. The van der Waals surface area contributed by atoms with Crippen LogP contribution in [0.25, 0.3) is 0 Å². The van der Waals surface area contributed by atoms with Gasteiger partial charge in [-0.1, -0.05) is 18.2 Å². The normalized spacial score (nSPS) is 17.1. The molecule has 1 unspecified atom stereocenters. The van der Waals surface area contributed by atoms with Crippen molar-refractivity contribution in [3.8, 4) is 0 Å². The Morgan fingerprint density at radius 2 is 2.14 bits per heavy atom. The minimum atomic E-state index is -0.882. The number of ether oxygens (including phenoxy) is 1. The number of nitrogens with one attached hydrogen (secondary N) is 1. The van der Waals surface area contributed by atoms with Crippen molar-refractivity contribution in [1.82, 2.24) is 4.98 Å². The van der Waals surface area contributed by atoms with Gasteiger partial charge >= 0.3 is 5.97 Å². The molecule has 0 bridgehead atoms. The highest BCUT2D eigenvalue weighted by Gasteiger charge is 2.17. The fraction of sp³-hybridized carbons (Fsp3) is 0.444. The number of aryl methyl sites for hydroxylation is 2. The molecule has 2 aliphatic rings. The van der Waals surface area contributed by atoms with E-state index in [9.17, 15) is 9.90 Å². The summed E-state index contributed by atoms with van der Waals surface area (Å²) in [5.41, 5.74) is 11.2. The number of benzene rings is 1. The van der Waals surface area contributed by atoms with Crippen LogP contribution in [0.4, 0.5) is 11.5 Å². The number of hydrogen-bond donors (Lipinski definition) is 3. The second kappa shape index (κ2) is 12.4. The van der Waals surface area contributed by atoms with Gasteiger partial charge in [0, 0.05) is 42.9 Å². The number of anilines is 2. The number of nitrogens with two attached hydrogens (primary N) is 1. The molecule has 1 saturated heterocycles. The first-order chi connectivity index (χ1) is 17.1. The van der Waals surface area contributed by atoms with Gasteiger partial charge in [-0.15, -0.1) is 0 Å². The second-order valence-corrected chi connectivity index (χ2v) is 9.04. The van der Waals surface area contributed by atoms with E-state index in [-0.39, 0.29) is 6.42 Å². The lowest BCUT2D eigenvalue weighted by atomic mass is 10.0. The zero-order chi connectivity index (χ0) is 24.5. The maximum absolute atomic E-state index is 11.5. The van der Waals surface area contributed by atoms with E-state index in [0.29, 0.717) is 13.2 Å². The van der Waals surface area contributed by atoms with Crippen LogP contribution in [0.2, 0.25) is 0 Å². The summed E-state index contributed by atoms with van der Waals surface area (Å²) in [6.45, 7) is 4.04. The van der Waals surface area contributed by atoms with Crippen LogP contribution in [0.1, 0.15) is 48.5 Å². The van der Waals surface area contributed by atoms with Gasteiger partial charge in [0.2, 0.25) is 0 Å². The van der Waals surface area contributed by atoms with E-state index in [1.165, 1.54) is 5.56 Å². The SMILES string of the molecule is NC(=CC=NC(CC(=O)O)c1cccc(N2CCOCC2)c1)CCCc1ccc2c(n1)NCCC2. The molecule has 186 valence electrons. The molecule has 8 heteroatoms. The van der Waals surface area contributed by atoms with Crippen molar-refractivity contribution in [1.29, 1.82) is 0 Å². The number of hydrogen-bond acceptors (Lipinski definition) is 7. The number of rotatable bonds is 10. The first kappa shape index (κ1) is 24.7. The molecule has 0 spiro atoms. The molecule has 3 heterocycles. The lowest BCUT2D eigenvalue weighted by molar-refractivity contribution is -0.137. The van der Waals surface area contributed by atoms with Crippen molar-refractivity contribution < 1.29 is 14.6 Å². The van der Waals surface area contributed by atoms with Gasteiger partial charge in [-0.25, -0.2) is 4.98 Å². The summed E-state index contributed by atoms with van der Waals surface area (Å²) in [7, 11) is 0. The second-order valence-electron chi connectivity index (χ2n) is 9.04. The summed E-state index contributed by atoms with van der Waals surface area (Å²) < 4.78 is 5.43. The third-order valence-corrected chi connectivity index (χ3v) is 6.40. The molecular formula is C27H35N5O3. The molecule has 0 amide bonds. The van der Waals surface area contributed by atoms with E-state index in [4.69, 9.17) is 15.5 Å². The molecule has 8 nitrogen and oxygen atoms in total. The number of aromatic nitrogens is 1. The van der Waals surface area contributed by atoms with E-state index in [0.717, 1.165) is 80.2 Å². The Labute approximate surface area is 206 Å². The van der Waals surface area contributed by atoms with E-state index < -0.39 is 12.0 Å². The number of carboxylic acids is 1. The van der Waals surface area contributed by atoms with Crippen molar-refractivity contribution in [3.05, 3.63) is 65.0 Å². The average molecular weight is 478 g/mol. The van der Waals surface area contributed by atoms with Crippen molar-refractivity contribution >= 4 is 23.7 Å². The Kier molecular flexibility index (Phi) is 8.73. The van der Waals surface area contributed by atoms with Gasteiger partial charge in [-0.2, -0.15) is 0 Å². The molecule has 35 heavy (non-hydrogen) atoms. The van der Waals surface area contributed by atoms with Crippen molar-refractivity contribution in [2.75, 3.05) is 43.1 Å². The Bertz CT molecular complexity index is 1060. The molecular weight excluding hydrogens is 442 g/mol. The van der Waals surface area contributed by atoms with Crippen LogP contribution in [-0.2, 0) is 22.4 Å². The molecule has 1 atom stereocenters. The number of pyridine rings is 1. The topological polar surface area (TPSA) is 113 Å². The van der Waals surface area contributed by atoms with Gasteiger partial charge in [0.05, 0.1) is 25.7 Å². The number of aliphatic carboxylic acids is 1. The molecule has 0 aliphatic carbocycles. The largest absolute Gasteiger partial charge is 0.481 e. The molecule has 4 N–H and O–H groups in total.